The normalized spacial score (nSPS) is 19.2. The Morgan fingerprint density at radius 1 is 1.41 bits per heavy atom. The summed E-state index contributed by atoms with van der Waals surface area (Å²) >= 11 is 0. The van der Waals surface area contributed by atoms with Gasteiger partial charge in [-0.05, 0) is 17.7 Å². The molecular weight excluding hydrogens is 240 g/mol. The molecule has 0 bridgehead atoms. The molecule has 1 fully saturated rings. The first-order chi connectivity index (χ1) is 8.01. The Bertz CT molecular complexity index is 454. The van der Waals surface area contributed by atoms with Crippen molar-refractivity contribution in [2.24, 2.45) is 5.73 Å². The predicted molar refractivity (Wildman–Crippen MR) is 63.4 cm³/mol. The van der Waals surface area contributed by atoms with E-state index in [1.165, 1.54) is 6.92 Å². The Kier molecular flexibility index (Phi) is 3.28. The van der Waals surface area contributed by atoms with E-state index in [0.717, 1.165) is 5.56 Å². The Balaban J connectivity index is 2.13. The number of nitrogens with one attached hydrogen (secondary N) is 1. The molecule has 0 aliphatic carbocycles. The first-order valence-electron chi connectivity index (χ1n) is 5.17. The molecule has 0 radical (unpaired) electrons. The summed E-state index contributed by atoms with van der Waals surface area (Å²) in [6, 6.07) is 7.04. The molecule has 6 heteroatoms. The molecule has 1 aliphatic rings. The molecule has 92 valence electrons. The fourth-order valence-corrected chi connectivity index (χ4v) is 2.35. The van der Waals surface area contributed by atoms with E-state index >= 15 is 0 Å². The number of hydrogen-bond donors (Lipinski definition) is 2. The molecule has 17 heavy (non-hydrogen) atoms. The summed E-state index contributed by atoms with van der Waals surface area (Å²) in [5.74, 6) is -0.324. The first kappa shape index (κ1) is 12.2. The van der Waals surface area contributed by atoms with Crippen molar-refractivity contribution in [3.63, 3.8) is 0 Å². The molecule has 1 saturated heterocycles. The number of carbonyl (C=O) groups is 1. The van der Waals surface area contributed by atoms with Crippen LogP contribution in [0.15, 0.2) is 29.2 Å². The second-order valence-electron chi connectivity index (χ2n) is 4.10. The van der Waals surface area contributed by atoms with Gasteiger partial charge >= 0.3 is 0 Å². The summed E-state index contributed by atoms with van der Waals surface area (Å²) in [6.07, 6.45) is 0. The van der Waals surface area contributed by atoms with Crippen molar-refractivity contribution in [1.82, 2.24) is 4.72 Å². The Morgan fingerprint density at radius 2 is 2.00 bits per heavy atom. The predicted octanol–water partition coefficient (Wildman–Crippen LogP) is 0.0295. The van der Waals surface area contributed by atoms with Gasteiger partial charge in [-0.3, -0.25) is 9.52 Å². The van der Waals surface area contributed by atoms with Gasteiger partial charge in [0.2, 0.25) is 5.91 Å². The highest BCUT2D eigenvalue weighted by molar-refractivity contribution is 7.83. The van der Waals surface area contributed by atoms with Crippen molar-refractivity contribution in [3.8, 4) is 0 Å². The monoisotopic (exact) mass is 254 g/mol. The van der Waals surface area contributed by atoms with E-state index in [1.54, 1.807) is 12.1 Å². The molecule has 1 aromatic rings. The lowest BCUT2D eigenvalue weighted by atomic mass is 9.89. The van der Waals surface area contributed by atoms with E-state index in [2.05, 4.69) is 4.72 Å². The summed E-state index contributed by atoms with van der Waals surface area (Å²) in [4.78, 5) is 11.3. The van der Waals surface area contributed by atoms with Gasteiger partial charge in [-0.25, -0.2) is 4.21 Å². The highest BCUT2D eigenvalue weighted by atomic mass is 32.2. The van der Waals surface area contributed by atoms with Crippen LogP contribution >= 0.6 is 0 Å². The molecule has 2 rings (SSSR count). The molecular formula is C11H14N2O3S. The van der Waals surface area contributed by atoms with E-state index in [1.807, 2.05) is 12.1 Å². The van der Waals surface area contributed by atoms with Gasteiger partial charge in [-0.15, -0.1) is 0 Å². The van der Waals surface area contributed by atoms with Crippen LogP contribution in [-0.4, -0.2) is 23.3 Å². The molecule has 1 atom stereocenters. The summed E-state index contributed by atoms with van der Waals surface area (Å²) in [5.41, 5.74) is 6.59. The van der Waals surface area contributed by atoms with Gasteiger partial charge in [0.25, 0.3) is 0 Å². The zero-order valence-electron chi connectivity index (χ0n) is 9.43. The highest BCUT2D eigenvalue weighted by Gasteiger charge is 2.35. The topological polar surface area (TPSA) is 81.4 Å². The van der Waals surface area contributed by atoms with Crippen molar-refractivity contribution < 1.29 is 13.7 Å². The van der Waals surface area contributed by atoms with Crippen LogP contribution in [0.5, 0.6) is 0 Å². The van der Waals surface area contributed by atoms with Gasteiger partial charge in [-0.1, -0.05) is 12.1 Å². The minimum absolute atomic E-state index is 0.324. The molecule has 0 saturated carbocycles. The first-order valence-corrected chi connectivity index (χ1v) is 6.32. The van der Waals surface area contributed by atoms with Gasteiger partial charge < -0.3 is 10.5 Å². The number of amides is 1. The van der Waals surface area contributed by atoms with Crippen LogP contribution in [0.2, 0.25) is 0 Å². The second kappa shape index (κ2) is 4.56. The maximum absolute atomic E-state index is 11.6. The zero-order valence-corrected chi connectivity index (χ0v) is 10.3. The van der Waals surface area contributed by atoms with Crippen molar-refractivity contribution in [2.45, 2.75) is 17.4 Å². The third-order valence-electron chi connectivity index (χ3n) is 2.60. The highest BCUT2D eigenvalue weighted by Crippen LogP contribution is 2.26. The standard InChI is InChI=1S/C11H14N2O3S/c1-8(14)13-17(15)10-4-2-9(3-5-10)11(12)6-16-7-11/h2-5H,6-7,12H2,1H3,(H,13,14). The average molecular weight is 254 g/mol. The van der Waals surface area contributed by atoms with Crippen LogP contribution in [0.1, 0.15) is 12.5 Å². The van der Waals surface area contributed by atoms with Gasteiger partial charge in [0.1, 0.15) is 0 Å². The second-order valence-corrected chi connectivity index (χ2v) is 5.31. The number of carbonyl (C=O) groups excluding carboxylic acids is 1. The van der Waals surface area contributed by atoms with E-state index in [0.29, 0.717) is 18.1 Å². The lowest BCUT2D eigenvalue weighted by Gasteiger charge is -2.38. The van der Waals surface area contributed by atoms with Crippen LogP contribution in [0.25, 0.3) is 0 Å². The molecule has 1 unspecified atom stereocenters. The van der Waals surface area contributed by atoms with Gasteiger partial charge in [0.15, 0.2) is 11.0 Å². The summed E-state index contributed by atoms with van der Waals surface area (Å²) in [5, 5.41) is 0. The Hall–Kier alpha value is -1.24. The van der Waals surface area contributed by atoms with E-state index in [-0.39, 0.29) is 5.91 Å². The third-order valence-corrected chi connectivity index (χ3v) is 3.77. The van der Waals surface area contributed by atoms with E-state index in [4.69, 9.17) is 10.5 Å². The van der Waals surface area contributed by atoms with Crippen molar-refractivity contribution in [3.05, 3.63) is 29.8 Å². The molecule has 0 aromatic heterocycles. The Morgan fingerprint density at radius 3 is 2.41 bits per heavy atom. The molecule has 1 aliphatic heterocycles. The minimum atomic E-state index is -1.50. The van der Waals surface area contributed by atoms with Crippen LogP contribution in [0, 0.1) is 0 Å². The van der Waals surface area contributed by atoms with Crippen LogP contribution in [0.4, 0.5) is 0 Å². The molecule has 0 spiro atoms. The average Bonchev–Trinajstić information content (AvgIpc) is 2.25. The summed E-state index contributed by atoms with van der Waals surface area (Å²) < 4.78 is 19.0. The summed E-state index contributed by atoms with van der Waals surface area (Å²) in [7, 11) is -1.50. The van der Waals surface area contributed by atoms with Crippen LogP contribution in [0.3, 0.4) is 0 Å². The zero-order chi connectivity index (χ0) is 12.5. The fraction of sp³-hybridized carbons (Fsp3) is 0.364. The van der Waals surface area contributed by atoms with Crippen LogP contribution in [-0.2, 0) is 26.1 Å². The SMILES string of the molecule is CC(=O)NS(=O)c1ccc(C2(N)COC2)cc1. The Labute approximate surface area is 102 Å². The van der Waals surface area contributed by atoms with Crippen molar-refractivity contribution >= 4 is 16.9 Å². The maximum atomic E-state index is 11.6. The molecule has 1 heterocycles. The number of ether oxygens (including phenoxy) is 1. The maximum Gasteiger partial charge on any atom is 0.228 e. The largest absolute Gasteiger partial charge is 0.377 e. The van der Waals surface area contributed by atoms with Crippen molar-refractivity contribution in [2.75, 3.05) is 13.2 Å². The van der Waals surface area contributed by atoms with Crippen LogP contribution < -0.4 is 10.5 Å². The van der Waals surface area contributed by atoms with Gasteiger partial charge in [-0.2, -0.15) is 0 Å². The smallest absolute Gasteiger partial charge is 0.228 e. The molecule has 5 nitrogen and oxygen atoms in total. The van der Waals surface area contributed by atoms with Gasteiger partial charge in [0, 0.05) is 6.92 Å². The third kappa shape index (κ3) is 2.54. The van der Waals surface area contributed by atoms with Crippen molar-refractivity contribution in [1.29, 1.82) is 0 Å². The molecule has 3 N–H and O–H groups in total. The fourth-order valence-electron chi connectivity index (χ4n) is 1.59. The lowest BCUT2D eigenvalue weighted by molar-refractivity contribution is -0.117. The quantitative estimate of drug-likeness (QED) is 0.797. The number of rotatable bonds is 3. The van der Waals surface area contributed by atoms with Gasteiger partial charge in [0.05, 0.1) is 23.6 Å². The number of hydrogen-bond acceptors (Lipinski definition) is 4. The minimum Gasteiger partial charge on any atom is -0.377 e. The number of benzene rings is 1. The van der Waals surface area contributed by atoms with E-state index in [9.17, 15) is 9.00 Å². The number of nitrogens with two attached hydrogens (primary N) is 1. The van der Waals surface area contributed by atoms with E-state index < -0.39 is 16.5 Å². The molecule has 1 amide bonds. The summed E-state index contributed by atoms with van der Waals surface area (Å²) in [6.45, 7) is 2.33. The molecule has 1 aromatic carbocycles. The lowest BCUT2D eigenvalue weighted by Crippen LogP contribution is -2.54.